The molecule has 1 saturated heterocycles. The minimum absolute atomic E-state index is 0.0319. The molecular formula is C22H26N2O2. The van der Waals surface area contributed by atoms with Crippen molar-refractivity contribution in [3.8, 4) is 0 Å². The molecule has 0 saturated carbocycles. The fraction of sp³-hybridized carbons (Fsp3) is 0.364. The first-order valence-electron chi connectivity index (χ1n) is 9.19. The van der Waals surface area contributed by atoms with Crippen LogP contribution in [0.2, 0.25) is 0 Å². The highest BCUT2D eigenvalue weighted by Gasteiger charge is 2.38. The molecule has 4 heteroatoms. The molecule has 0 radical (unpaired) electrons. The van der Waals surface area contributed by atoms with Crippen molar-refractivity contribution in [2.24, 2.45) is 5.92 Å². The topological polar surface area (TPSA) is 49.4 Å². The molecule has 0 aromatic heterocycles. The number of likely N-dealkylation sites (tertiary alicyclic amines) is 1. The lowest BCUT2D eigenvalue weighted by Crippen LogP contribution is -2.44. The molecule has 4 nitrogen and oxygen atoms in total. The minimum Gasteiger partial charge on any atom is -0.338 e. The Labute approximate surface area is 155 Å². The predicted octanol–water partition coefficient (Wildman–Crippen LogP) is 4.36. The Hall–Kier alpha value is -2.62. The van der Waals surface area contributed by atoms with Gasteiger partial charge in [0.2, 0.25) is 11.8 Å². The predicted molar refractivity (Wildman–Crippen MR) is 104 cm³/mol. The van der Waals surface area contributed by atoms with E-state index in [4.69, 9.17) is 0 Å². The zero-order valence-corrected chi connectivity index (χ0v) is 15.6. The largest absolute Gasteiger partial charge is 0.338 e. The lowest BCUT2D eigenvalue weighted by Gasteiger charge is -2.38. The summed E-state index contributed by atoms with van der Waals surface area (Å²) in [6.07, 6.45) is 0.975. The van der Waals surface area contributed by atoms with Crippen LogP contribution in [0.25, 0.3) is 0 Å². The normalized spacial score (nSPS) is 20.3. The van der Waals surface area contributed by atoms with E-state index in [-0.39, 0.29) is 23.8 Å². The molecule has 0 unspecified atom stereocenters. The minimum atomic E-state index is -0.259. The van der Waals surface area contributed by atoms with Gasteiger partial charge in [0, 0.05) is 19.2 Å². The van der Waals surface area contributed by atoms with Gasteiger partial charge in [-0.05, 0) is 35.6 Å². The average Bonchev–Trinajstić information content (AvgIpc) is 2.65. The first-order chi connectivity index (χ1) is 12.5. The Morgan fingerprint density at radius 2 is 1.73 bits per heavy atom. The van der Waals surface area contributed by atoms with Crippen molar-refractivity contribution in [2.45, 2.75) is 38.6 Å². The van der Waals surface area contributed by atoms with E-state index in [1.165, 1.54) is 5.56 Å². The number of piperidine rings is 1. The van der Waals surface area contributed by atoms with E-state index in [0.717, 1.165) is 11.3 Å². The van der Waals surface area contributed by atoms with Crippen molar-refractivity contribution in [2.75, 3.05) is 12.4 Å². The van der Waals surface area contributed by atoms with E-state index >= 15 is 0 Å². The summed E-state index contributed by atoms with van der Waals surface area (Å²) in [5.74, 6) is 0.254. The van der Waals surface area contributed by atoms with Crippen LogP contribution in [-0.4, -0.2) is 23.8 Å². The second-order valence-corrected chi connectivity index (χ2v) is 7.27. The van der Waals surface area contributed by atoms with Gasteiger partial charge in [0.1, 0.15) is 0 Å². The maximum atomic E-state index is 13.0. The van der Waals surface area contributed by atoms with Gasteiger partial charge in [-0.3, -0.25) is 9.59 Å². The molecule has 1 aliphatic heterocycles. The van der Waals surface area contributed by atoms with Crippen LogP contribution in [-0.2, 0) is 9.59 Å². The van der Waals surface area contributed by atoms with Crippen molar-refractivity contribution in [1.29, 1.82) is 0 Å². The van der Waals surface area contributed by atoms with Gasteiger partial charge in [-0.2, -0.15) is 0 Å². The second kappa shape index (κ2) is 7.73. The van der Waals surface area contributed by atoms with Crippen LogP contribution in [0.1, 0.15) is 49.8 Å². The smallest absolute Gasteiger partial charge is 0.229 e. The van der Waals surface area contributed by atoms with E-state index in [2.05, 4.69) is 19.2 Å². The Kier molecular flexibility index (Phi) is 5.40. The number of benzene rings is 2. The highest BCUT2D eigenvalue weighted by molar-refractivity contribution is 5.94. The first-order valence-corrected chi connectivity index (χ1v) is 9.19. The van der Waals surface area contributed by atoms with Crippen LogP contribution in [0, 0.1) is 5.92 Å². The van der Waals surface area contributed by atoms with Crippen molar-refractivity contribution in [3.05, 3.63) is 65.7 Å². The Morgan fingerprint density at radius 1 is 1.08 bits per heavy atom. The standard InChI is InChI=1S/C22H26N2O2/c1-15(2)16-9-11-18(12-10-16)23-22(26)19-13-14-20(25)24(3)21(19)17-7-5-4-6-8-17/h4-12,15,19,21H,13-14H2,1-3H3,(H,23,26)/t19-,21-/m1/s1. The number of rotatable bonds is 4. The van der Waals surface area contributed by atoms with Crippen molar-refractivity contribution in [3.63, 3.8) is 0 Å². The van der Waals surface area contributed by atoms with E-state index in [1.54, 1.807) is 11.9 Å². The molecule has 1 heterocycles. The van der Waals surface area contributed by atoms with Gasteiger partial charge in [-0.25, -0.2) is 0 Å². The summed E-state index contributed by atoms with van der Waals surface area (Å²) >= 11 is 0. The third kappa shape index (κ3) is 3.79. The molecular weight excluding hydrogens is 324 g/mol. The van der Waals surface area contributed by atoms with Gasteiger partial charge >= 0.3 is 0 Å². The summed E-state index contributed by atoms with van der Waals surface area (Å²) in [5, 5.41) is 3.04. The number of nitrogens with zero attached hydrogens (tertiary/aromatic N) is 1. The van der Waals surface area contributed by atoms with Crippen LogP contribution < -0.4 is 5.32 Å². The van der Waals surface area contributed by atoms with Gasteiger partial charge < -0.3 is 10.2 Å². The summed E-state index contributed by atoms with van der Waals surface area (Å²) in [6.45, 7) is 4.29. The van der Waals surface area contributed by atoms with Crippen molar-refractivity contribution in [1.82, 2.24) is 4.90 Å². The number of hydrogen-bond acceptors (Lipinski definition) is 2. The third-order valence-electron chi connectivity index (χ3n) is 5.18. The van der Waals surface area contributed by atoms with Gasteiger partial charge in [-0.15, -0.1) is 0 Å². The molecule has 2 amide bonds. The van der Waals surface area contributed by atoms with E-state index in [9.17, 15) is 9.59 Å². The molecule has 1 N–H and O–H groups in total. The van der Waals surface area contributed by atoms with Gasteiger partial charge in [-0.1, -0.05) is 56.3 Å². The average molecular weight is 350 g/mol. The molecule has 0 spiro atoms. The van der Waals surface area contributed by atoms with Gasteiger partial charge in [0.25, 0.3) is 0 Å². The zero-order valence-electron chi connectivity index (χ0n) is 15.6. The maximum Gasteiger partial charge on any atom is 0.229 e. The highest BCUT2D eigenvalue weighted by Crippen LogP contribution is 2.36. The molecule has 0 bridgehead atoms. The second-order valence-electron chi connectivity index (χ2n) is 7.27. The number of anilines is 1. The molecule has 3 rings (SSSR count). The van der Waals surface area contributed by atoms with Crippen LogP contribution in [0.3, 0.4) is 0 Å². The molecule has 0 aliphatic carbocycles. The van der Waals surface area contributed by atoms with Gasteiger partial charge in [0.05, 0.1) is 12.0 Å². The molecule has 2 aromatic rings. The summed E-state index contributed by atoms with van der Waals surface area (Å²) in [6, 6.07) is 17.6. The Balaban J connectivity index is 1.80. The third-order valence-corrected chi connectivity index (χ3v) is 5.18. The fourth-order valence-corrected chi connectivity index (χ4v) is 3.61. The number of hydrogen-bond donors (Lipinski definition) is 1. The SMILES string of the molecule is CC(C)c1ccc(NC(=O)[C@@H]2CCC(=O)N(C)[C@@H]2c2ccccc2)cc1. The lowest BCUT2D eigenvalue weighted by molar-refractivity contribution is -0.140. The molecule has 2 atom stereocenters. The van der Waals surface area contributed by atoms with Crippen LogP contribution in [0.4, 0.5) is 5.69 Å². The molecule has 1 aliphatic rings. The number of carbonyl (C=O) groups excluding carboxylic acids is 2. The summed E-state index contributed by atoms with van der Waals surface area (Å²) in [7, 11) is 1.79. The van der Waals surface area contributed by atoms with Crippen molar-refractivity contribution >= 4 is 17.5 Å². The van der Waals surface area contributed by atoms with E-state index in [1.807, 2.05) is 54.6 Å². The molecule has 1 fully saturated rings. The number of amides is 2. The summed E-state index contributed by atoms with van der Waals surface area (Å²) in [5.41, 5.74) is 3.04. The zero-order chi connectivity index (χ0) is 18.7. The van der Waals surface area contributed by atoms with Crippen LogP contribution in [0.5, 0.6) is 0 Å². The van der Waals surface area contributed by atoms with Crippen LogP contribution in [0.15, 0.2) is 54.6 Å². The summed E-state index contributed by atoms with van der Waals surface area (Å²) < 4.78 is 0. The van der Waals surface area contributed by atoms with Crippen LogP contribution >= 0.6 is 0 Å². The highest BCUT2D eigenvalue weighted by atomic mass is 16.2. The van der Waals surface area contributed by atoms with E-state index in [0.29, 0.717) is 18.8 Å². The monoisotopic (exact) mass is 350 g/mol. The molecule has 2 aromatic carbocycles. The lowest BCUT2D eigenvalue weighted by atomic mass is 9.84. The van der Waals surface area contributed by atoms with Crippen molar-refractivity contribution < 1.29 is 9.59 Å². The summed E-state index contributed by atoms with van der Waals surface area (Å²) in [4.78, 5) is 26.9. The Bertz CT molecular complexity index is 768. The van der Waals surface area contributed by atoms with Gasteiger partial charge in [0.15, 0.2) is 0 Å². The molecule has 26 heavy (non-hydrogen) atoms. The quantitative estimate of drug-likeness (QED) is 0.891. The number of nitrogens with one attached hydrogen (secondary N) is 1. The maximum absolute atomic E-state index is 13.0. The molecule has 136 valence electrons. The Morgan fingerprint density at radius 3 is 2.35 bits per heavy atom. The number of carbonyl (C=O) groups is 2. The first kappa shape index (κ1) is 18.2. The van der Waals surface area contributed by atoms with E-state index < -0.39 is 0 Å². The fourth-order valence-electron chi connectivity index (χ4n) is 3.61.